The van der Waals surface area contributed by atoms with Crippen molar-refractivity contribution in [3.63, 3.8) is 0 Å². The molecule has 5 heteroatoms. The molecule has 0 N–H and O–H groups in total. The van der Waals surface area contributed by atoms with Crippen molar-refractivity contribution in [2.24, 2.45) is 0 Å². The molecule has 0 amide bonds. The van der Waals surface area contributed by atoms with Crippen molar-refractivity contribution < 1.29 is 14.3 Å². The first-order chi connectivity index (χ1) is 9.56. The fraction of sp³-hybridized carbons (Fsp3) is 0.133. The predicted octanol–water partition coefficient (Wildman–Crippen LogP) is 4.35. The Kier molecular flexibility index (Phi) is 4.68. The van der Waals surface area contributed by atoms with Gasteiger partial charge in [-0.15, -0.1) is 0 Å². The Labute approximate surface area is 130 Å². The van der Waals surface area contributed by atoms with Crippen LogP contribution in [0.2, 0.25) is 5.02 Å². The number of rotatable bonds is 4. The number of carbonyl (C=O) groups excluding carboxylic acids is 1. The lowest BCUT2D eigenvalue weighted by atomic mass is 10.0. The molecule has 0 spiro atoms. The maximum absolute atomic E-state index is 12.6. The Morgan fingerprint density at radius 2 is 1.80 bits per heavy atom. The van der Waals surface area contributed by atoms with Crippen molar-refractivity contribution in [3.8, 4) is 11.5 Å². The van der Waals surface area contributed by atoms with Gasteiger partial charge < -0.3 is 9.47 Å². The third kappa shape index (κ3) is 2.97. The van der Waals surface area contributed by atoms with Gasteiger partial charge in [-0.05, 0) is 52.3 Å². The largest absolute Gasteiger partial charge is 0.497 e. The fourth-order valence-corrected chi connectivity index (χ4v) is 2.67. The van der Waals surface area contributed by atoms with Gasteiger partial charge in [-0.25, -0.2) is 0 Å². The van der Waals surface area contributed by atoms with E-state index >= 15 is 0 Å². The monoisotopic (exact) mass is 354 g/mol. The molecule has 0 aliphatic rings. The average Bonchev–Trinajstić information content (AvgIpc) is 2.46. The molecule has 2 aromatic carbocycles. The molecule has 0 atom stereocenters. The maximum Gasteiger partial charge on any atom is 0.198 e. The average molecular weight is 356 g/mol. The molecular weight excluding hydrogens is 344 g/mol. The molecule has 0 saturated heterocycles. The van der Waals surface area contributed by atoms with Crippen LogP contribution in [0, 0.1) is 0 Å². The zero-order valence-electron chi connectivity index (χ0n) is 10.9. The number of hydrogen-bond donors (Lipinski definition) is 0. The third-order valence-corrected chi connectivity index (χ3v) is 3.72. The highest BCUT2D eigenvalue weighted by atomic mass is 79.9. The van der Waals surface area contributed by atoms with E-state index in [0.717, 1.165) is 0 Å². The van der Waals surface area contributed by atoms with E-state index in [4.69, 9.17) is 21.1 Å². The van der Waals surface area contributed by atoms with Crippen molar-refractivity contribution in [3.05, 3.63) is 57.0 Å². The summed E-state index contributed by atoms with van der Waals surface area (Å²) in [5.41, 5.74) is 0.954. The van der Waals surface area contributed by atoms with Gasteiger partial charge in [0, 0.05) is 15.1 Å². The van der Waals surface area contributed by atoms with E-state index in [1.165, 1.54) is 7.11 Å². The van der Waals surface area contributed by atoms with Crippen molar-refractivity contribution in [1.29, 1.82) is 0 Å². The first-order valence-corrected chi connectivity index (χ1v) is 6.95. The lowest BCUT2D eigenvalue weighted by molar-refractivity contribution is 0.103. The molecular formula is C15H12BrClO3. The molecule has 0 aromatic heterocycles. The van der Waals surface area contributed by atoms with Gasteiger partial charge in [-0.1, -0.05) is 11.6 Å². The van der Waals surface area contributed by atoms with Gasteiger partial charge >= 0.3 is 0 Å². The van der Waals surface area contributed by atoms with Crippen molar-refractivity contribution >= 4 is 33.3 Å². The zero-order valence-corrected chi connectivity index (χ0v) is 13.3. The van der Waals surface area contributed by atoms with Gasteiger partial charge in [-0.2, -0.15) is 0 Å². The minimum Gasteiger partial charge on any atom is -0.497 e. The molecule has 0 unspecified atom stereocenters. The van der Waals surface area contributed by atoms with Crippen LogP contribution in [0.25, 0.3) is 0 Å². The van der Waals surface area contributed by atoms with Crippen LogP contribution < -0.4 is 9.47 Å². The van der Waals surface area contributed by atoms with Gasteiger partial charge in [0.15, 0.2) is 5.78 Å². The van der Waals surface area contributed by atoms with Crippen LogP contribution in [0.1, 0.15) is 15.9 Å². The van der Waals surface area contributed by atoms with Gasteiger partial charge in [-0.3, -0.25) is 4.79 Å². The van der Waals surface area contributed by atoms with Crippen molar-refractivity contribution in [2.75, 3.05) is 14.2 Å². The summed E-state index contributed by atoms with van der Waals surface area (Å²) in [6, 6.07) is 10.1. The van der Waals surface area contributed by atoms with Crippen molar-refractivity contribution in [1.82, 2.24) is 0 Å². The molecule has 0 saturated carbocycles. The second-order valence-electron chi connectivity index (χ2n) is 4.02. The second kappa shape index (κ2) is 6.29. The quantitative estimate of drug-likeness (QED) is 0.765. The van der Waals surface area contributed by atoms with Gasteiger partial charge in [0.05, 0.1) is 19.8 Å². The number of ether oxygens (including phenoxy) is 2. The Balaban J connectivity index is 2.51. The van der Waals surface area contributed by atoms with Gasteiger partial charge in [0.25, 0.3) is 0 Å². The first-order valence-electron chi connectivity index (χ1n) is 5.78. The summed E-state index contributed by atoms with van der Waals surface area (Å²) in [5, 5.41) is 0.561. The van der Waals surface area contributed by atoms with Crippen LogP contribution in [0.15, 0.2) is 40.9 Å². The summed E-state index contributed by atoms with van der Waals surface area (Å²) in [5.74, 6) is 0.932. The molecule has 20 heavy (non-hydrogen) atoms. The highest BCUT2D eigenvalue weighted by molar-refractivity contribution is 9.10. The topological polar surface area (TPSA) is 35.5 Å². The Bertz CT molecular complexity index is 656. The van der Waals surface area contributed by atoms with Crippen LogP contribution in [-0.4, -0.2) is 20.0 Å². The smallest absolute Gasteiger partial charge is 0.198 e. The Hall–Kier alpha value is -1.52. The number of methoxy groups -OCH3 is 2. The van der Waals surface area contributed by atoms with E-state index in [9.17, 15) is 4.79 Å². The number of halogens is 2. The molecule has 0 aliphatic heterocycles. The van der Waals surface area contributed by atoms with E-state index in [-0.39, 0.29) is 5.78 Å². The number of ketones is 1. The summed E-state index contributed by atoms with van der Waals surface area (Å²) < 4.78 is 11.0. The third-order valence-electron chi connectivity index (χ3n) is 2.83. The first kappa shape index (κ1) is 14.9. The van der Waals surface area contributed by atoms with E-state index in [1.54, 1.807) is 43.5 Å². The number of benzene rings is 2. The molecule has 0 bridgehead atoms. The normalized spacial score (nSPS) is 10.2. The molecule has 0 radical (unpaired) electrons. The van der Waals surface area contributed by atoms with Gasteiger partial charge in [0.2, 0.25) is 0 Å². The highest BCUT2D eigenvalue weighted by Gasteiger charge is 2.18. The van der Waals surface area contributed by atoms with Gasteiger partial charge in [0.1, 0.15) is 11.5 Å². The van der Waals surface area contributed by atoms with Crippen LogP contribution in [0.5, 0.6) is 11.5 Å². The Morgan fingerprint density at radius 3 is 2.40 bits per heavy atom. The van der Waals surface area contributed by atoms with E-state index in [0.29, 0.717) is 32.1 Å². The summed E-state index contributed by atoms with van der Waals surface area (Å²) in [7, 11) is 3.07. The SMILES string of the molecule is COc1ccc(OC)c(C(=O)c2ccc(Cl)cc2Br)c1. The minimum absolute atomic E-state index is 0.163. The second-order valence-corrected chi connectivity index (χ2v) is 5.31. The van der Waals surface area contributed by atoms with E-state index in [1.807, 2.05) is 0 Å². The molecule has 2 rings (SSSR count). The molecule has 0 heterocycles. The fourth-order valence-electron chi connectivity index (χ4n) is 1.81. The molecule has 2 aromatic rings. The number of carbonyl (C=O) groups is 1. The summed E-state index contributed by atoms with van der Waals surface area (Å²) in [6.45, 7) is 0. The van der Waals surface area contributed by atoms with Crippen LogP contribution in [-0.2, 0) is 0 Å². The maximum atomic E-state index is 12.6. The van der Waals surface area contributed by atoms with Crippen LogP contribution >= 0.6 is 27.5 Å². The Morgan fingerprint density at radius 1 is 1.05 bits per heavy atom. The molecule has 0 aliphatic carbocycles. The standard InChI is InChI=1S/C15H12BrClO3/c1-19-10-4-6-14(20-2)12(8-10)15(18)11-5-3-9(17)7-13(11)16/h3-8H,1-2H3. The predicted molar refractivity (Wildman–Crippen MR) is 82.1 cm³/mol. The lowest BCUT2D eigenvalue weighted by Crippen LogP contribution is -2.05. The van der Waals surface area contributed by atoms with Crippen LogP contribution in [0.3, 0.4) is 0 Å². The summed E-state index contributed by atoms with van der Waals surface area (Å²) in [4.78, 5) is 12.6. The molecule has 3 nitrogen and oxygen atoms in total. The lowest BCUT2D eigenvalue weighted by Gasteiger charge is -2.10. The number of hydrogen-bond acceptors (Lipinski definition) is 3. The summed E-state index contributed by atoms with van der Waals surface area (Å²) >= 11 is 9.24. The van der Waals surface area contributed by atoms with E-state index < -0.39 is 0 Å². The highest BCUT2D eigenvalue weighted by Crippen LogP contribution is 2.30. The minimum atomic E-state index is -0.163. The van der Waals surface area contributed by atoms with Crippen LogP contribution in [0.4, 0.5) is 0 Å². The molecule has 0 fully saturated rings. The molecule has 104 valence electrons. The van der Waals surface area contributed by atoms with E-state index in [2.05, 4.69) is 15.9 Å². The summed E-state index contributed by atoms with van der Waals surface area (Å²) in [6.07, 6.45) is 0. The zero-order chi connectivity index (χ0) is 14.7. The van der Waals surface area contributed by atoms with Crippen molar-refractivity contribution in [2.45, 2.75) is 0 Å².